The summed E-state index contributed by atoms with van der Waals surface area (Å²) in [6.45, 7) is 4.61. The van der Waals surface area contributed by atoms with Gasteiger partial charge in [0.05, 0.1) is 6.26 Å². The summed E-state index contributed by atoms with van der Waals surface area (Å²) in [5.41, 5.74) is 2.33. The number of benzene rings is 1. The maximum absolute atomic E-state index is 5.63. The third-order valence-electron chi connectivity index (χ3n) is 4.46. The smallest absolute Gasteiger partial charge is 0.134 e. The van der Waals surface area contributed by atoms with Crippen molar-refractivity contribution in [3.63, 3.8) is 0 Å². The molecule has 0 spiro atoms. The SMILES string of the molecule is CNCCC1CCN(Cc2coc3ccccc23)CC1. The fourth-order valence-electron chi connectivity index (χ4n) is 3.18. The van der Waals surface area contributed by atoms with Crippen LogP contribution < -0.4 is 5.32 Å². The highest BCUT2D eigenvalue weighted by atomic mass is 16.3. The van der Waals surface area contributed by atoms with Crippen LogP contribution in [-0.2, 0) is 6.54 Å². The third kappa shape index (κ3) is 3.05. The number of fused-ring (bicyclic) bond motifs is 1. The predicted octanol–water partition coefficient (Wildman–Crippen LogP) is 3.25. The van der Waals surface area contributed by atoms with Crippen molar-refractivity contribution in [3.8, 4) is 0 Å². The van der Waals surface area contributed by atoms with E-state index in [9.17, 15) is 0 Å². The van der Waals surface area contributed by atoms with Gasteiger partial charge in [0.2, 0.25) is 0 Å². The molecule has 2 aromatic rings. The van der Waals surface area contributed by atoms with E-state index in [1.54, 1.807) is 0 Å². The molecule has 3 rings (SSSR count). The van der Waals surface area contributed by atoms with Crippen molar-refractivity contribution in [1.29, 1.82) is 0 Å². The molecule has 0 atom stereocenters. The van der Waals surface area contributed by atoms with Crippen LogP contribution in [0.2, 0.25) is 0 Å². The van der Waals surface area contributed by atoms with Crippen LogP contribution >= 0.6 is 0 Å². The van der Waals surface area contributed by atoms with E-state index in [-0.39, 0.29) is 0 Å². The van der Waals surface area contributed by atoms with Crippen molar-refractivity contribution < 1.29 is 4.42 Å². The minimum atomic E-state index is 0.903. The Hall–Kier alpha value is -1.32. The van der Waals surface area contributed by atoms with Gasteiger partial charge in [-0.2, -0.15) is 0 Å². The molecule has 1 fully saturated rings. The number of hydrogen-bond acceptors (Lipinski definition) is 3. The highest BCUT2D eigenvalue weighted by molar-refractivity contribution is 5.80. The van der Waals surface area contributed by atoms with Gasteiger partial charge >= 0.3 is 0 Å². The lowest BCUT2D eigenvalue weighted by molar-refractivity contribution is 0.172. The van der Waals surface area contributed by atoms with Gasteiger partial charge in [-0.25, -0.2) is 0 Å². The van der Waals surface area contributed by atoms with Crippen molar-refractivity contribution >= 4 is 11.0 Å². The molecule has 1 N–H and O–H groups in total. The van der Waals surface area contributed by atoms with Crippen LogP contribution in [0, 0.1) is 5.92 Å². The fraction of sp³-hybridized carbons (Fsp3) is 0.529. The van der Waals surface area contributed by atoms with Crippen molar-refractivity contribution in [2.75, 3.05) is 26.7 Å². The van der Waals surface area contributed by atoms with E-state index < -0.39 is 0 Å². The van der Waals surface area contributed by atoms with Gasteiger partial charge in [0.15, 0.2) is 0 Å². The Morgan fingerprint density at radius 2 is 2.05 bits per heavy atom. The van der Waals surface area contributed by atoms with Gasteiger partial charge in [-0.1, -0.05) is 18.2 Å². The zero-order valence-electron chi connectivity index (χ0n) is 12.3. The van der Waals surface area contributed by atoms with Crippen LogP contribution in [0.1, 0.15) is 24.8 Å². The van der Waals surface area contributed by atoms with E-state index in [0.717, 1.165) is 24.6 Å². The zero-order valence-corrected chi connectivity index (χ0v) is 12.3. The molecule has 1 aromatic heterocycles. The molecule has 2 heterocycles. The third-order valence-corrected chi connectivity index (χ3v) is 4.46. The molecular weight excluding hydrogens is 248 g/mol. The van der Waals surface area contributed by atoms with Gasteiger partial charge in [-0.15, -0.1) is 0 Å². The number of para-hydroxylation sites is 1. The number of furan rings is 1. The lowest BCUT2D eigenvalue weighted by Gasteiger charge is -2.31. The van der Waals surface area contributed by atoms with E-state index in [0.29, 0.717) is 0 Å². The van der Waals surface area contributed by atoms with Gasteiger partial charge in [-0.3, -0.25) is 4.90 Å². The number of likely N-dealkylation sites (tertiary alicyclic amines) is 1. The molecule has 0 radical (unpaired) electrons. The Morgan fingerprint density at radius 1 is 1.25 bits per heavy atom. The number of nitrogens with one attached hydrogen (secondary N) is 1. The molecule has 3 heteroatoms. The van der Waals surface area contributed by atoms with E-state index in [1.807, 2.05) is 25.4 Å². The summed E-state index contributed by atoms with van der Waals surface area (Å²) in [5, 5.41) is 4.53. The topological polar surface area (TPSA) is 28.4 Å². The van der Waals surface area contributed by atoms with Crippen LogP contribution in [0.25, 0.3) is 11.0 Å². The zero-order chi connectivity index (χ0) is 13.8. The van der Waals surface area contributed by atoms with Crippen molar-refractivity contribution in [2.24, 2.45) is 5.92 Å². The predicted molar refractivity (Wildman–Crippen MR) is 82.8 cm³/mol. The van der Waals surface area contributed by atoms with Crippen molar-refractivity contribution in [1.82, 2.24) is 10.2 Å². The highest BCUT2D eigenvalue weighted by Gasteiger charge is 2.19. The molecule has 0 amide bonds. The summed E-state index contributed by atoms with van der Waals surface area (Å²) in [4.78, 5) is 2.56. The molecule has 1 saturated heterocycles. The molecule has 1 aliphatic rings. The first-order valence-corrected chi connectivity index (χ1v) is 7.69. The van der Waals surface area contributed by atoms with Crippen LogP contribution in [0.4, 0.5) is 0 Å². The van der Waals surface area contributed by atoms with Gasteiger partial charge in [0.1, 0.15) is 5.58 Å². The molecule has 0 bridgehead atoms. The summed E-state index contributed by atoms with van der Waals surface area (Å²) in [6.07, 6.45) is 5.91. The maximum atomic E-state index is 5.63. The minimum absolute atomic E-state index is 0.903. The molecule has 0 aliphatic carbocycles. The van der Waals surface area contributed by atoms with Crippen LogP contribution in [0.15, 0.2) is 34.9 Å². The fourth-order valence-corrected chi connectivity index (χ4v) is 3.18. The van der Waals surface area contributed by atoms with E-state index in [2.05, 4.69) is 22.3 Å². The van der Waals surface area contributed by atoms with Crippen LogP contribution in [0.5, 0.6) is 0 Å². The van der Waals surface area contributed by atoms with E-state index in [4.69, 9.17) is 4.42 Å². The summed E-state index contributed by atoms with van der Waals surface area (Å²) in [7, 11) is 2.04. The lowest BCUT2D eigenvalue weighted by Crippen LogP contribution is -2.34. The molecule has 3 nitrogen and oxygen atoms in total. The summed E-state index contributed by atoms with van der Waals surface area (Å²) >= 11 is 0. The normalized spacial score (nSPS) is 17.9. The monoisotopic (exact) mass is 272 g/mol. The first-order valence-electron chi connectivity index (χ1n) is 7.69. The lowest BCUT2D eigenvalue weighted by atomic mass is 9.93. The highest BCUT2D eigenvalue weighted by Crippen LogP contribution is 2.25. The number of hydrogen-bond donors (Lipinski definition) is 1. The van der Waals surface area contributed by atoms with Gasteiger partial charge < -0.3 is 9.73 Å². The molecule has 1 aliphatic heterocycles. The Labute approximate surface area is 120 Å². The molecular formula is C17H24N2O. The van der Waals surface area contributed by atoms with Gasteiger partial charge in [-0.05, 0) is 57.9 Å². The van der Waals surface area contributed by atoms with E-state index in [1.165, 1.54) is 43.3 Å². The molecule has 20 heavy (non-hydrogen) atoms. The molecule has 0 unspecified atom stereocenters. The average Bonchev–Trinajstić information content (AvgIpc) is 2.90. The molecule has 1 aromatic carbocycles. The second-order valence-electron chi connectivity index (χ2n) is 5.87. The number of nitrogens with zero attached hydrogens (tertiary/aromatic N) is 1. The summed E-state index contributed by atoms with van der Waals surface area (Å²) in [5.74, 6) is 0.903. The Balaban J connectivity index is 1.57. The molecule has 0 saturated carbocycles. The Morgan fingerprint density at radius 3 is 2.85 bits per heavy atom. The Bertz CT molecular complexity index is 541. The first-order chi connectivity index (χ1) is 9.86. The second-order valence-corrected chi connectivity index (χ2v) is 5.87. The largest absolute Gasteiger partial charge is 0.464 e. The van der Waals surface area contributed by atoms with Crippen molar-refractivity contribution in [2.45, 2.75) is 25.8 Å². The van der Waals surface area contributed by atoms with Gasteiger partial charge in [0.25, 0.3) is 0 Å². The average molecular weight is 272 g/mol. The second kappa shape index (κ2) is 6.42. The molecule has 108 valence electrons. The standard InChI is InChI=1S/C17H24N2O/c1-18-9-6-14-7-10-19(11-8-14)12-15-13-20-17-5-3-2-4-16(15)17/h2-5,13-14,18H,6-12H2,1H3. The summed E-state index contributed by atoms with van der Waals surface area (Å²) in [6, 6.07) is 8.32. The minimum Gasteiger partial charge on any atom is -0.464 e. The van der Waals surface area contributed by atoms with Crippen molar-refractivity contribution in [3.05, 3.63) is 36.1 Å². The number of rotatable bonds is 5. The van der Waals surface area contributed by atoms with E-state index >= 15 is 0 Å². The first kappa shape index (κ1) is 13.7. The number of piperidine rings is 1. The maximum Gasteiger partial charge on any atom is 0.134 e. The quantitative estimate of drug-likeness (QED) is 0.905. The van der Waals surface area contributed by atoms with Gasteiger partial charge in [0, 0.05) is 17.5 Å². The Kier molecular flexibility index (Phi) is 4.38. The van der Waals surface area contributed by atoms with Crippen LogP contribution in [0.3, 0.4) is 0 Å². The van der Waals surface area contributed by atoms with Crippen LogP contribution in [-0.4, -0.2) is 31.6 Å². The summed E-state index contributed by atoms with van der Waals surface area (Å²) < 4.78 is 5.63.